The second-order valence-electron chi connectivity index (χ2n) is 12.5. The van der Waals surface area contributed by atoms with Crippen LogP contribution in [0.3, 0.4) is 0 Å². The molecule has 0 aromatic rings. The second-order valence-corrected chi connectivity index (χ2v) is 12.5. The highest BCUT2D eigenvalue weighted by molar-refractivity contribution is 5.66. The van der Waals surface area contributed by atoms with Crippen molar-refractivity contribution in [3.8, 4) is 0 Å². The summed E-state index contributed by atoms with van der Waals surface area (Å²) in [6, 6.07) is 0. The first-order chi connectivity index (χ1) is 22.6. The van der Waals surface area contributed by atoms with Gasteiger partial charge >= 0.3 is 11.9 Å². The van der Waals surface area contributed by atoms with Crippen LogP contribution in [0.5, 0.6) is 0 Å². The van der Waals surface area contributed by atoms with E-state index in [2.05, 4.69) is 12.2 Å². The molecule has 0 aromatic carbocycles. The third-order valence-electron chi connectivity index (χ3n) is 8.59. The fraction of sp³-hybridized carbons (Fsp3) is 0.879. The zero-order chi connectivity index (χ0) is 34.6. The van der Waals surface area contributed by atoms with E-state index in [-0.39, 0.29) is 26.2 Å². The monoisotopic (exact) mass is 678 g/mol. The van der Waals surface area contributed by atoms with Gasteiger partial charge in [-0.15, -0.1) is 0 Å². The van der Waals surface area contributed by atoms with Crippen LogP contribution >= 0.6 is 0 Å². The van der Waals surface area contributed by atoms with Gasteiger partial charge < -0.3 is 59.4 Å². The summed E-state index contributed by atoms with van der Waals surface area (Å²) in [5, 5.41) is 70.2. The van der Waals surface area contributed by atoms with E-state index in [1.165, 1.54) is 6.92 Å². The molecule has 10 atom stereocenters. The maximum atomic E-state index is 11.1. The van der Waals surface area contributed by atoms with Gasteiger partial charge in [-0.25, -0.2) is 0 Å². The molecule has 2 aliphatic heterocycles. The van der Waals surface area contributed by atoms with Crippen molar-refractivity contribution >= 4 is 11.9 Å². The minimum Gasteiger partial charge on any atom is -0.481 e. The molecular weight excluding hydrogens is 620 g/mol. The molecule has 0 radical (unpaired) electrons. The van der Waals surface area contributed by atoms with Gasteiger partial charge in [-0.1, -0.05) is 50.7 Å². The van der Waals surface area contributed by atoms with Crippen molar-refractivity contribution in [2.24, 2.45) is 5.92 Å². The van der Waals surface area contributed by atoms with Crippen LogP contribution in [0.4, 0.5) is 0 Å². The summed E-state index contributed by atoms with van der Waals surface area (Å²) in [7, 11) is 0. The summed E-state index contributed by atoms with van der Waals surface area (Å²) >= 11 is 0. The quantitative estimate of drug-likeness (QED) is 0.0433. The molecular formula is C33H58O14. The Kier molecular flexibility index (Phi) is 20.8. The van der Waals surface area contributed by atoms with Crippen LogP contribution in [0.15, 0.2) is 12.2 Å². The van der Waals surface area contributed by atoms with Gasteiger partial charge in [0.05, 0.1) is 31.8 Å². The summed E-state index contributed by atoms with van der Waals surface area (Å²) in [5.74, 6) is -2.15. The molecule has 0 spiro atoms. The number of allylic oxidation sites excluding steroid dienone is 2. The van der Waals surface area contributed by atoms with E-state index in [0.717, 1.165) is 77.0 Å². The van der Waals surface area contributed by atoms with Crippen LogP contribution in [0.25, 0.3) is 0 Å². The molecule has 2 aliphatic rings. The van der Waals surface area contributed by atoms with E-state index in [4.69, 9.17) is 28.8 Å². The van der Waals surface area contributed by atoms with Crippen LogP contribution in [0.1, 0.15) is 90.4 Å². The van der Waals surface area contributed by atoms with Crippen LogP contribution in [-0.2, 0) is 33.3 Å². The lowest BCUT2D eigenvalue weighted by molar-refractivity contribution is -0.295. The number of aliphatic hydroxyl groups is 6. The smallest absolute Gasteiger partial charge is 0.303 e. The number of aliphatic hydroxyl groups excluding tert-OH is 6. The van der Waals surface area contributed by atoms with Gasteiger partial charge in [0.15, 0.2) is 6.29 Å². The summed E-state index contributed by atoms with van der Waals surface area (Å²) in [4.78, 5) is 21.7. The fourth-order valence-corrected chi connectivity index (χ4v) is 5.70. The van der Waals surface area contributed by atoms with Crippen molar-refractivity contribution in [2.45, 2.75) is 146 Å². The minimum absolute atomic E-state index is 0.165. The highest BCUT2D eigenvalue weighted by atomic mass is 16.7. The molecule has 274 valence electrons. The van der Waals surface area contributed by atoms with Crippen LogP contribution < -0.4 is 0 Å². The normalized spacial score (nSPS) is 31.3. The number of hydrogen-bond donors (Lipinski definition) is 7. The topological polar surface area (TPSA) is 222 Å². The first-order valence-electron chi connectivity index (χ1n) is 17.1. The Morgan fingerprint density at radius 1 is 0.660 bits per heavy atom. The third-order valence-corrected chi connectivity index (χ3v) is 8.59. The number of carbonyl (C=O) groups is 2. The van der Waals surface area contributed by atoms with E-state index in [1.54, 1.807) is 0 Å². The van der Waals surface area contributed by atoms with Gasteiger partial charge in [-0.2, -0.15) is 0 Å². The average molecular weight is 679 g/mol. The fourth-order valence-electron chi connectivity index (χ4n) is 5.70. The van der Waals surface area contributed by atoms with Crippen molar-refractivity contribution in [3.05, 3.63) is 12.2 Å². The standard InChI is InChI=1S/C33H58O14/c1-22(35)45-21-26-31(41)32(42)30(40)25(46-26)20-43-19-23-28(38)29(39)24(18-34)47-33(23)44-17-15-13-11-9-7-5-3-2-4-6-8-10-12-14-16-27(36)37/h2-3,23-26,28-34,38-42H,4-21H2,1H3,(H,36,37)/b3-2+/t23-,24-,25+,26-,28-,29-,30+,31-,32-,33-/m1/s1. The molecule has 0 aromatic heterocycles. The number of hydrogen-bond acceptors (Lipinski definition) is 13. The lowest BCUT2D eigenvalue weighted by Gasteiger charge is -2.43. The highest BCUT2D eigenvalue weighted by Gasteiger charge is 2.46. The number of ether oxygens (including phenoxy) is 5. The molecule has 14 heteroatoms. The predicted octanol–water partition coefficient (Wildman–Crippen LogP) is 1.20. The first kappa shape index (κ1) is 41.5. The van der Waals surface area contributed by atoms with E-state index < -0.39 is 79.6 Å². The Labute approximate surface area is 277 Å². The van der Waals surface area contributed by atoms with Crippen molar-refractivity contribution in [1.82, 2.24) is 0 Å². The summed E-state index contributed by atoms with van der Waals surface area (Å²) in [6.07, 6.45) is 5.36. The highest BCUT2D eigenvalue weighted by Crippen LogP contribution is 2.29. The first-order valence-corrected chi connectivity index (χ1v) is 17.1. The maximum absolute atomic E-state index is 11.1. The van der Waals surface area contributed by atoms with Gasteiger partial charge in [0.1, 0.15) is 49.3 Å². The van der Waals surface area contributed by atoms with Gasteiger partial charge in [0.25, 0.3) is 0 Å². The molecule has 47 heavy (non-hydrogen) atoms. The zero-order valence-electron chi connectivity index (χ0n) is 27.6. The molecule has 2 rings (SSSR count). The minimum atomic E-state index is -1.56. The number of aliphatic carboxylic acids is 1. The van der Waals surface area contributed by atoms with E-state index in [9.17, 15) is 40.2 Å². The third kappa shape index (κ3) is 15.6. The lowest BCUT2D eigenvalue weighted by atomic mass is 9.91. The van der Waals surface area contributed by atoms with Crippen LogP contribution in [0.2, 0.25) is 0 Å². The SMILES string of the molecule is CC(=O)OC[C@H]1O[C@@H](COC[C@H]2[C@H](OCCCCCCC/C=C/CCCCCCCC(=O)O)O[C@H](CO)[C@@H](O)[C@@H]2O)[C@H](O)[C@@H](O)[C@@H]1O. The number of carboxylic acid groups (broad SMARTS) is 1. The maximum Gasteiger partial charge on any atom is 0.303 e. The van der Waals surface area contributed by atoms with E-state index in [0.29, 0.717) is 6.61 Å². The molecule has 0 unspecified atom stereocenters. The number of carbonyl (C=O) groups excluding carboxylic acids is 1. The van der Waals surface area contributed by atoms with Crippen molar-refractivity contribution in [2.75, 3.05) is 33.0 Å². The molecule has 2 saturated heterocycles. The summed E-state index contributed by atoms with van der Waals surface area (Å²) in [6.45, 7) is 0.277. The number of unbranched alkanes of at least 4 members (excludes halogenated alkanes) is 10. The van der Waals surface area contributed by atoms with E-state index in [1.807, 2.05) is 0 Å². The summed E-state index contributed by atoms with van der Waals surface area (Å²) in [5.41, 5.74) is 0. The number of rotatable bonds is 24. The van der Waals surface area contributed by atoms with Gasteiger partial charge in [-0.05, 0) is 38.5 Å². The average Bonchev–Trinajstić information content (AvgIpc) is 3.04. The van der Waals surface area contributed by atoms with E-state index >= 15 is 0 Å². The van der Waals surface area contributed by atoms with Gasteiger partial charge in [0.2, 0.25) is 0 Å². The zero-order valence-corrected chi connectivity index (χ0v) is 27.6. The Balaban J connectivity index is 1.67. The van der Waals surface area contributed by atoms with Crippen LogP contribution in [-0.4, -0.2) is 136 Å². The Hall–Kier alpha value is -1.72. The van der Waals surface area contributed by atoms with Crippen molar-refractivity contribution in [1.29, 1.82) is 0 Å². The molecule has 2 fully saturated rings. The van der Waals surface area contributed by atoms with Gasteiger partial charge in [0, 0.05) is 20.0 Å². The van der Waals surface area contributed by atoms with Gasteiger partial charge in [-0.3, -0.25) is 9.59 Å². The number of carboxylic acids is 1. The Morgan fingerprint density at radius 2 is 1.21 bits per heavy atom. The van der Waals surface area contributed by atoms with Crippen molar-refractivity contribution in [3.63, 3.8) is 0 Å². The summed E-state index contributed by atoms with van der Waals surface area (Å²) < 4.78 is 27.8. The molecule has 0 bridgehead atoms. The molecule has 0 aliphatic carbocycles. The lowest BCUT2D eigenvalue weighted by Crippen LogP contribution is -2.60. The predicted molar refractivity (Wildman–Crippen MR) is 168 cm³/mol. The molecule has 7 N–H and O–H groups in total. The second kappa shape index (κ2) is 23.6. The molecule has 14 nitrogen and oxygen atoms in total. The molecule has 2 heterocycles. The number of esters is 1. The Morgan fingerprint density at radius 3 is 1.81 bits per heavy atom. The van der Waals surface area contributed by atoms with Crippen LogP contribution in [0, 0.1) is 5.92 Å². The molecule has 0 saturated carbocycles. The largest absolute Gasteiger partial charge is 0.481 e. The van der Waals surface area contributed by atoms with Crippen molar-refractivity contribution < 1.29 is 69.0 Å². The molecule has 0 amide bonds. The Bertz CT molecular complexity index is 887.